The maximum atomic E-state index is 12.2. The van der Waals surface area contributed by atoms with Crippen LogP contribution in [0, 0.1) is 0 Å². The van der Waals surface area contributed by atoms with E-state index in [9.17, 15) is 19.5 Å². The Morgan fingerprint density at radius 1 is 0.926 bits per heavy atom. The fourth-order valence-corrected chi connectivity index (χ4v) is 2.35. The van der Waals surface area contributed by atoms with E-state index in [0.717, 1.165) is 11.1 Å². The molecule has 0 fully saturated rings. The van der Waals surface area contributed by atoms with Crippen molar-refractivity contribution in [1.82, 2.24) is 10.6 Å². The third-order valence-electron chi connectivity index (χ3n) is 3.84. The molecule has 7 nitrogen and oxygen atoms in total. The van der Waals surface area contributed by atoms with Crippen LogP contribution in [0.5, 0.6) is 0 Å². The molecule has 3 N–H and O–H groups in total. The molecule has 0 spiro atoms. The normalized spacial score (nSPS) is 12.5. The molecule has 0 saturated carbocycles. The summed E-state index contributed by atoms with van der Waals surface area (Å²) in [6.07, 6.45) is -0.607. The van der Waals surface area contributed by atoms with Gasteiger partial charge in [-0.1, -0.05) is 60.7 Å². The Hall–Kier alpha value is -3.35. The van der Waals surface area contributed by atoms with Gasteiger partial charge in [-0.3, -0.25) is 4.79 Å². The molecule has 2 rings (SSSR count). The summed E-state index contributed by atoms with van der Waals surface area (Å²) in [6, 6.07) is 16.1. The summed E-state index contributed by atoms with van der Waals surface area (Å²) in [6.45, 7) is 1.54. The highest BCUT2D eigenvalue weighted by atomic mass is 16.5. The fraction of sp³-hybridized carbons (Fsp3) is 0.250. The summed E-state index contributed by atoms with van der Waals surface area (Å²) in [4.78, 5) is 35.4. The molecule has 2 amide bonds. The van der Waals surface area contributed by atoms with Gasteiger partial charge < -0.3 is 20.5 Å². The highest BCUT2D eigenvalue weighted by Crippen LogP contribution is 2.04. The lowest BCUT2D eigenvalue weighted by Crippen LogP contribution is -2.51. The lowest BCUT2D eigenvalue weighted by atomic mass is 10.1. The summed E-state index contributed by atoms with van der Waals surface area (Å²) in [5.41, 5.74) is 1.60. The van der Waals surface area contributed by atoms with E-state index >= 15 is 0 Å². The first-order valence-electron chi connectivity index (χ1n) is 8.50. The molecule has 0 aliphatic rings. The highest BCUT2D eigenvalue weighted by Gasteiger charge is 2.24. The first-order chi connectivity index (χ1) is 13.0. The van der Waals surface area contributed by atoms with Crippen molar-refractivity contribution in [2.24, 2.45) is 0 Å². The zero-order valence-electron chi connectivity index (χ0n) is 14.9. The Labute approximate surface area is 157 Å². The number of hydrogen-bond acceptors (Lipinski definition) is 4. The van der Waals surface area contributed by atoms with Gasteiger partial charge in [-0.25, -0.2) is 9.59 Å². The second kappa shape index (κ2) is 9.96. The molecule has 0 aromatic heterocycles. The van der Waals surface area contributed by atoms with Crippen LogP contribution in [0.3, 0.4) is 0 Å². The van der Waals surface area contributed by atoms with E-state index in [4.69, 9.17) is 4.74 Å². The highest BCUT2D eigenvalue weighted by molar-refractivity contribution is 5.89. The number of aliphatic carboxylic acids is 1. The van der Waals surface area contributed by atoms with Crippen LogP contribution in [-0.4, -0.2) is 35.2 Å². The molecule has 0 saturated heterocycles. The topological polar surface area (TPSA) is 105 Å². The molecular weight excluding hydrogens is 348 g/mol. The van der Waals surface area contributed by atoms with Gasteiger partial charge >= 0.3 is 12.1 Å². The van der Waals surface area contributed by atoms with Gasteiger partial charge in [0.05, 0.1) is 0 Å². The molecule has 0 unspecified atom stereocenters. The van der Waals surface area contributed by atoms with Crippen molar-refractivity contribution in [2.75, 3.05) is 0 Å². The third-order valence-corrected chi connectivity index (χ3v) is 3.84. The second-order valence-electron chi connectivity index (χ2n) is 6.02. The smallest absolute Gasteiger partial charge is 0.408 e. The maximum Gasteiger partial charge on any atom is 0.408 e. The first kappa shape index (κ1) is 20.0. The molecule has 0 radical (unpaired) electrons. The fourth-order valence-electron chi connectivity index (χ4n) is 2.35. The summed E-state index contributed by atoms with van der Waals surface area (Å²) in [7, 11) is 0. The maximum absolute atomic E-state index is 12.2. The van der Waals surface area contributed by atoms with E-state index in [-0.39, 0.29) is 13.0 Å². The van der Waals surface area contributed by atoms with Crippen LogP contribution in [0.25, 0.3) is 0 Å². The molecule has 27 heavy (non-hydrogen) atoms. The number of carbonyl (C=O) groups is 3. The quantitative estimate of drug-likeness (QED) is 0.660. The van der Waals surface area contributed by atoms with Gasteiger partial charge in [-0.2, -0.15) is 0 Å². The van der Waals surface area contributed by atoms with Crippen LogP contribution in [-0.2, 0) is 27.4 Å². The van der Waals surface area contributed by atoms with Gasteiger partial charge in [0.15, 0.2) is 0 Å². The Morgan fingerprint density at radius 2 is 1.48 bits per heavy atom. The van der Waals surface area contributed by atoms with Gasteiger partial charge in [-0.05, 0) is 18.1 Å². The van der Waals surface area contributed by atoms with Crippen LogP contribution in [0.1, 0.15) is 18.1 Å². The molecule has 2 atom stereocenters. The standard InChI is InChI=1S/C20H22N2O5/c1-14(21-20(26)27-13-16-10-6-3-7-11-16)18(23)22-17(19(24)25)12-15-8-4-2-5-9-15/h2-11,14,17H,12-13H2,1H3,(H,21,26)(H,22,23)(H,24,25)/t14-,17+/m1/s1. The Balaban J connectivity index is 1.83. The van der Waals surface area contributed by atoms with Crippen molar-refractivity contribution in [3.63, 3.8) is 0 Å². The van der Waals surface area contributed by atoms with Crippen molar-refractivity contribution in [3.8, 4) is 0 Å². The zero-order chi connectivity index (χ0) is 19.6. The van der Waals surface area contributed by atoms with Crippen molar-refractivity contribution < 1.29 is 24.2 Å². The van der Waals surface area contributed by atoms with Crippen molar-refractivity contribution >= 4 is 18.0 Å². The van der Waals surface area contributed by atoms with Crippen LogP contribution < -0.4 is 10.6 Å². The minimum Gasteiger partial charge on any atom is -0.480 e. The molecule has 0 aliphatic carbocycles. The van der Waals surface area contributed by atoms with Crippen LogP contribution in [0.4, 0.5) is 4.79 Å². The van der Waals surface area contributed by atoms with E-state index in [1.165, 1.54) is 6.92 Å². The summed E-state index contributed by atoms with van der Waals surface area (Å²) < 4.78 is 5.05. The van der Waals surface area contributed by atoms with Crippen LogP contribution >= 0.6 is 0 Å². The van der Waals surface area contributed by atoms with Crippen molar-refractivity contribution in [3.05, 3.63) is 71.8 Å². The number of hydrogen-bond donors (Lipinski definition) is 3. The van der Waals surface area contributed by atoms with Gasteiger partial charge in [0.25, 0.3) is 0 Å². The van der Waals surface area contributed by atoms with Crippen molar-refractivity contribution in [2.45, 2.75) is 32.0 Å². The number of carbonyl (C=O) groups excluding carboxylic acids is 2. The molecule has 7 heteroatoms. The average Bonchev–Trinajstić information content (AvgIpc) is 2.67. The Kier molecular flexibility index (Phi) is 7.37. The van der Waals surface area contributed by atoms with Gasteiger partial charge in [0.2, 0.25) is 5.91 Å². The predicted molar refractivity (Wildman–Crippen MR) is 98.9 cm³/mol. The van der Waals surface area contributed by atoms with Crippen LogP contribution in [0.15, 0.2) is 60.7 Å². The van der Waals surface area contributed by atoms with E-state index in [0.29, 0.717) is 0 Å². The number of carboxylic acid groups (broad SMARTS) is 1. The lowest BCUT2D eigenvalue weighted by molar-refractivity contribution is -0.142. The Bertz CT molecular complexity index is 764. The van der Waals surface area contributed by atoms with Gasteiger partial charge in [0, 0.05) is 6.42 Å². The number of amides is 2. The SMILES string of the molecule is C[C@@H](NC(=O)OCc1ccccc1)C(=O)N[C@@H](Cc1ccccc1)C(=O)O. The van der Waals surface area contributed by atoms with E-state index < -0.39 is 30.1 Å². The monoisotopic (exact) mass is 370 g/mol. The number of benzene rings is 2. The van der Waals surface area contributed by atoms with E-state index in [2.05, 4.69) is 10.6 Å². The van der Waals surface area contributed by atoms with E-state index in [1.807, 2.05) is 36.4 Å². The number of ether oxygens (including phenoxy) is 1. The van der Waals surface area contributed by atoms with Gasteiger partial charge in [0.1, 0.15) is 18.7 Å². The average molecular weight is 370 g/mol. The minimum absolute atomic E-state index is 0.0762. The van der Waals surface area contributed by atoms with Crippen molar-refractivity contribution in [1.29, 1.82) is 0 Å². The molecule has 142 valence electrons. The molecule has 0 bridgehead atoms. The minimum atomic E-state index is -1.15. The summed E-state index contributed by atoms with van der Waals surface area (Å²) in [5.74, 6) is -1.75. The zero-order valence-corrected chi connectivity index (χ0v) is 14.9. The molecule has 0 heterocycles. The number of nitrogens with one attached hydrogen (secondary N) is 2. The number of carboxylic acids is 1. The predicted octanol–water partition coefficient (Wildman–Crippen LogP) is 2.11. The molecule has 2 aromatic rings. The number of rotatable bonds is 8. The third kappa shape index (κ3) is 6.81. The summed E-state index contributed by atoms with van der Waals surface area (Å²) in [5, 5.41) is 14.2. The second-order valence-corrected chi connectivity index (χ2v) is 6.02. The first-order valence-corrected chi connectivity index (χ1v) is 8.50. The van der Waals surface area contributed by atoms with Crippen LogP contribution in [0.2, 0.25) is 0 Å². The molecule has 2 aromatic carbocycles. The lowest BCUT2D eigenvalue weighted by Gasteiger charge is -2.18. The van der Waals surface area contributed by atoms with E-state index in [1.54, 1.807) is 24.3 Å². The summed E-state index contributed by atoms with van der Waals surface area (Å²) >= 11 is 0. The molecule has 0 aliphatic heterocycles. The molecular formula is C20H22N2O5. The Morgan fingerprint density at radius 3 is 2.04 bits per heavy atom. The largest absolute Gasteiger partial charge is 0.480 e. The number of alkyl carbamates (subject to hydrolysis) is 1. The van der Waals surface area contributed by atoms with Gasteiger partial charge in [-0.15, -0.1) is 0 Å².